The molecule has 148 valence electrons. The zero-order chi connectivity index (χ0) is 20.1. The fourth-order valence-corrected chi connectivity index (χ4v) is 3.92. The van der Waals surface area contributed by atoms with Crippen LogP contribution in [-0.2, 0) is 0 Å². The van der Waals surface area contributed by atoms with E-state index in [1.54, 1.807) is 30.3 Å². The van der Waals surface area contributed by atoms with E-state index in [9.17, 15) is 9.59 Å². The van der Waals surface area contributed by atoms with Crippen molar-refractivity contribution in [2.45, 2.75) is 6.92 Å². The smallest absolute Gasteiger partial charge is 0.255 e. The first kappa shape index (κ1) is 20.1. The summed E-state index contributed by atoms with van der Waals surface area (Å²) < 4.78 is 10.4. The molecule has 1 heterocycles. The van der Waals surface area contributed by atoms with E-state index >= 15 is 0 Å². The molecule has 0 aromatic heterocycles. The highest BCUT2D eigenvalue weighted by atomic mass is 32.2. The summed E-state index contributed by atoms with van der Waals surface area (Å²) in [4.78, 5) is 27.2. The number of carbonyl (C=O) groups excluding carboxylic acids is 2. The normalized spacial score (nSPS) is 13.8. The second-order valence-corrected chi connectivity index (χ2v) is 7.71. The monoisotopic (exact) mass is 400 g/mol. The van der Waals surface area contributed by atoms with E-state index in [0.29, 0.717) is 28.3 Å². The topological polar surface area (TPSA) is 67.9 Å². The summed E-state index contributed by atoms with van der Waals surface area (Å²) in [6.07, 6.45) is 0. The van der Waals surface area contributed by atoms with Crippen LogP contribution < -0.4 is 14.8 Å². The number of ether oxygens (including phenoxy) is 2. The minimum atomic E-state index is -0.271. The van der Waals surface area contributed by atoms with Gasteiger partial charge in [0.15, 0.2) is 0 Å². The molecular weight excluding hydrogens is 376 g/mol. The molecule has 3 rings (SSSR count). The van der Waals surface area contributed by atoms with E-state index in [-0.39, 0.29) is 11.8 Å². The molecule has 0 aliphatic carbocycles. The van der Waals surface area contributed by atoms with E-state index in [1.165, 1.54) is 14.2 Å². The van der Waals surface area contributed by atoms with Crippen LogP contribution in [0.3, 0.4) is 0 Å². The van der Waals surface area contributed by atoms with Gasteiger partial charge in [-0.05, 0) is 42.8 Å². The highest BCUT2D eigenvalue weighted by molar-refractivity contribution is 7.99. The average molecular weight is 401 g/mol. The van der Waals surface area contributed by atoms with E-state index in [0.717, 1.165) is 30.2 Å². The highest BCUT2D eigenvalue weighted by Crippen LogP contribution is 2.24. The van der Waals surface area contributed by atoms with E-state index in [4.69, 9.17) is 9.47 Å². The minimum absolute atomic E-state index is 0.0406. The van der Waals surface area contributed by atoms with Crippen molar-refractivity contribution in [2.24, 2.45) is 0 Å². The largest absolute Gasteiger partial charge is 0.497 e. The van der Waals surface area contributed by atoms with Crippen LogP contribution in [0.5, 0.6) is 11.5 Å². The first-order valence-corrected chi connectivity index (χ1v) is 10.2. The van der Waals surface area contributed by atoms with Gasteiger partial charge in [-0.3, -0.25) is 9.59 Å². The predicted octanol–water partition coefficient (Wildman–Crippen LogP) is 3.45. The van der Waals surface area contributed by atoms with Gasteiger partial charge in [0.1, 0.15) is 11.5 Å². The van der Waals surface area contributed by atoms with Gasteiger partial charge in [0.05, 0.1) is 14.2 Å². The van der Waals surface area contributed by atoms with Crippen molar-refractivity contribution in [3.8, 4) is 11.5 Å². The molecule has 7 heteroatoms. The molecule has 0 bridgehead atoms. The van der Waals surface area contributed by atoms with Gasteiger partial charge in [-0.1, -0.05) is 0 Å². The number of rotatable bonds is 5. The second kappa shape index (κ2) is 9.01. The van der Waals surface area contributed by atoms with Gasteiger partial charge in [0.25, 0.3) is 11.8 Å². The third-order valence-corrected chi connectivity index (χ3v) is 5.58. The minimum Gasteiger partial charge on any atom is -0.497 e. The summed E-state index contributed by atoms with van der Waals surface area (Å²) in [7, 11) is 3.08. The first-order valence-electron chi connectivity index (χ1n) is 9.04. The number of nitrogens with zero attached hydrogens (tertiary/aromatic N) is 1. The van der Waals surface area contributed by atoms with Gasteiger partial charge in [0, 0.05) is 47.5 Å². The third-order valence-electron chi connectivity index (χ3n) is 4.63. The lowest BCUT2D eigenvalue weighted by Crippen LogP contribution is -2.37. The van der Waals surface area contributed by atoms with Crippen molar-refractivity contribution in [2.75, 3.05) is 44.1 Å². The number of hydrogen-bond acceptors (Lipinski definition) is 5. The Hall–Kier alpha value is -2.67. The maximum atomic E-state index is 12.7. The van der Waals surface area contributed by atoms with Gasteiger partial charge in [0.2, 0.25) is 0 Å². The summed E-state index contributed by atoms with van der Waals surface area (Å²) in [6.45, 7) is 3.43. The lowest BCUT2D eigenvalue weighted by Gasteiger charge is -2.26. The molecule has 1 aliphatic rings. The van der Waals surface area contributed by atoms with Crippen molar-refractivity contribution in [1.29, 1.82) is 0 Å². The van der Waals surface area contributed by atoms with E-state index in [1.807, 2.05) is 29.7 Å². The predicted molar refractivity (Wildman–Crippen MR) is 112 cm³/mol. The maximum Gasteiger partial charge on any atom is 0.255 e. The Balaban J connectivity index is 1.76. The van der Waals surface area contributed by atoms with E-state index < -0.39 is 0 Å². The van der Waals surface area contributed by atoms with Crippen LogP contribution in [0, 0.1) is 6.92 Å². The zero-order valence-corrected chi connectivity index (χ0v) is 17.1. The number of carbonyl (C=O) groups is 2. The quantitative estimate of drug-likeness (QED) is 0.833. The van der Waals surface area contributed by atoms with Crippen molar-refractivity contribution in [1.82, 2.24) is 4.90 Å². The van der Waals surface area contributed by atoms with Crippen LogP contribution in [0.15, 0.2) is 36.4 Å². The molecule has 2 aromatic rings. The van der Waals surface area contributed by atoms with Gasteiger partial charge in [-0.25, -0.2) is 0 Å². The number of aryl methyl sites for hydroxylation is 1. The maximum absolute atomic E-state index is 12.7. The second-order valence-electron chi connectivity index (χ2n) is 6.49. The fourth-order valence-electron chi connectivity index (χ4n) is 3.02. The molecule has 2 aromatic carbocycles. The summed E-state index contributed by atoms with van der Waals surface area (Å²) in [5.74, 6) is 2.81. The molecule has 1 N–H and O–H groups in total. The van der Waals surface area contributed by atoms with Crippen molar-refractivity contribution < 1.29 is 19.1 Å². The molecule has 2 amide bonds. The van der Waals surface area contributed by atoms with Crippen molar-refractivity contribution in [3.63, 3.8) is 0 Å². The van der Waals surface area contributed by atoms with Crippen LogP contribution in [0.2, 0.25) is 0 Å². The van der Waals surface area contributed by atoms with Gasteiger partial charge in [-0.2, -0.15) is 11.8 Å². The molecule has 0 radical (unpaired) electrons. The highest BCUT2D eigenvalue weighted by Gasteiger charge is 2.19. The van der Waals surface area contributed by atoms with Gasteiger partial charge in [-0.15, -0.1) is 0 Å². The summed E-state index contributed by atoms with van der Waals surface area (Å²) in [5.41, 5.74) is 2.57. The molecule has 1 aliphatic heterocycles. The fraction of sp³-hybridized carbons (Fsp3) is 0.333. The van der Waals surface area contributed by atoms with Crippen LogP contribution in [0.1, 0.15) is 26.3 Å². The number of anilines is 1. The van der Waals surface area contributed by atoms with Crippen LogP contribution in [0.4, 0.5) is 5.69 Å². The molecule has 6 nitrogen and oxygen atoms in total. The van der Waals surface area contributed by atoms with Gasteiger partial charge >= 0.3 is 0 Å². The Kier molecular flexibility index (Phi) is 6.46. The average Bonchev–Trinajstić information content (AvgIpc) is 2.74. The van der Waals surface area contributed by atoms with Gasteiger partial charge < -0.3 is 19.7 Å². The number of benzene rings is 2. The Morgan fingerprint density at radius 3 is 2.18 bits per heavy atom. The number of thioether (sulfide) groups is 1. The Labute approximate surface area is 169 Å². The molecule has 0 unspecified atom stereocenters. The van der Waals surface area contributed by atoms with Crippen LogP contribution >= 0.6 is 11.8 Å². The van der Waals surface area contributed by atoms with Crippen LogP contribution in [0.25, 0.3) is 0 Å². The summed E-state index contributed by atoms with van der Waals surface area (Å²) >= 11 is 1.87. The van der Waals surface area contributed by atoms with Crippen molar-refractivity contribution in [3.05, 3.63) is 53.1 Å². The Bertz CT molecular complexity index is 856. The standard InChI is InChI=1S/C21H24N2O4S/c1-14-10-15(21(25)23-6-8-28-9-7-23)4-5-19(14)22-20(24)16-11-17(26-2)13-18(12-16)27-3/h4-5,10-13H,6-9H2,1-3H3,(H,22,24). The summed E-state index contributed by atoms with van der Waals surface area (Å²) in [6, 6.07) is 10.4. The zero-order valence-electron chi connectivity index (χ0n) is 16.3. The molecular formula is C21H24N2O4S. The summed E-state index contributed by atoms with van der Waals surface area (Å²) in [5, 5.41) is 2.90. The Morgan fingerprint density at radius 2 is 1.61 bits per heavy atom. The third kappa shape index (κ3) is 4.59. The van der Waals surface area contributed by atoms with Crippen LogP contribution in [-0.4, -0.2) is 55.5 Å². The molecule has 1 saturated heterocycles. The molecule has 0 saturated carbocycles. The number of nitrogens with one attached hydrogen (secondary N) is 1. The lowest BCUT2D eigenvalue weighted by molar-refractivity contribution is 0.0772. The molecule has 1 fully saturated rings. The number of hydrogen-bond donors (Lipinski definition) is 1. The molecule has 0 atom stereocenters. The number of amides is 2. The molecule has 0 spiro atoms. The lowest BCUT2D eigenvalue weighted by atomic mass is 10.1. The SMILES string of the molecule is COc1cc(OC)cc(C(=O)Nc2ccc(C(=O)N3CCSCC3)cc2C)c1. The van der Waals surface area contributed by atoms with Crippen molar-refractivity contribution >= 4 is 29.3 Å². The van der Waals surface area contributed by atoms with E-state index in [2.05, 4.69) is 5.32 Å². The number of methoxy groups -OCH3 is 2. The molecule has 28 heavy (non-hydrogen) atoms. The Morgan fingerprint density at radius 1 is 0.964 bits per heavy atom. The first-order chi connectivity index (χ1) is 13.5.